The Balaban J connectivity index is 1.62. The number of benzene rings is 3. The maximum absolute atomic E-state index is 13.6. The van der Waals surface area contributed by atoms with Crippen LogP contribution in [-0.2, 0) is 34.3 Å². The molecule has 0 saturated heterocycles. The maximum atomic E-state index is 13.6. The molecule has 34 heavy (non-hydrogen) atoms. The fraction of sp³-hybridized carbons (Fsp3) is 0.269. The van der Waals surface area contributed by atoms with Gasteiger partial charge in [0.1, 0.15) is 17.5 Å². The highest BCUT2D eigenvalue weighted by atomic mass is 32.2. The third kappa shape index (κ3) is 4.78. The van der Waals surface area contributed by atoms with E-state index in [4.69, 9.17) is 9.47 Å². The minimum Gasteiger partial charge on any atom is -0.497 e. The first-order valence-electron chi connectivity index (χ1n) is 11.0. The van der Waals surface area contributed by atoms with Crippen molar-refractivity contribution < 1.29 is 22.7 Å². The van der Waals surface area contributed by atoms with E-state index in [1.165, 1.54) is 4.31 Å². The van der Waals surface area contributed by atoms with Gasteiger partial charge in [0.2, 0.25) is 15.9 Å². The molecule has 1 aliphatic heterocycles. The minimum atomic E-state index is -3.89. The number of carbonyl (C=O) groups excluding carboxylic acids is 1. The van der Waals surface area contributed by atoms with E-state index in [2.05, 4.69) is 5.32 Å². The zero-order valence-corrected chi connectivity index (χ0v) is 20.3. The second kappa shape index (κ2) is 9.87. The Kier molecular flexibility index (Phi) is 6.90. The maximum Gasteiger partial charge on any atom is 0.244 e. The van der Waals surface area contributed by atoms with E-state index >= 15 is 0 Å². The third-order valence-electron chi connectivity index (χ3n) is 6.08. The molecule has 0 aromatic heterocycles. The van der Waals surface area contributed by atoms with Crippen molar-refractivity contribution in [3.63, 3.8) is 0 Å². The van der Waals surface area contributed by atoms with Crippen molar-refractivity contribution in [2.45, 2.75) is 37.4 Å². The van der Waals surface area contributed by atoms with Crippen molar-refractivity contribution in [1.29, 1.82) is 0 Å². The fourth-order valence-corrected chi connectivity index (χ4v) is 5.68. The standard InChI is InChI=1S/C26H28N2O5S/c1-18-8-12-23(13-9-18)34(30,31)28-17-21-7-5-4-6-19(21)14-24(28)26(29)27-16-20-10-11-22(32-2)15-25(20)33-3/h4-13,15,24H,14,16-17H2,1-3H3,(H,27,29). The number of ether oxygens (including phenoxy) is 2. The molecule has 8 heteroatoms. The molecule has 4 rings (SSSR count). The van der Waals surface area contributed by atoms with Gasteiger partial charge in [-0.1, -0.05) is 42.0 Å². The van der Waals surface area contributed by atoms with Crippen molar-refractivity contribution in [3.05, 3.63) is 89.0 Å². The molecule has 0 fully saturated rings. The zero-order valence-electron chi connectivity index (χ0n) is 19.4. The van der Waals surface area contributed by atoms with Crippen LogP contribution in [0.15, 0.2) is 71.6 Å². The van der Waals surface area contributed by atoms with Gasteiger partial charge in [-0.3, -0.25) is 4.79 Å². The highest BCUT2D eigenvalue weighted by Crippen LogP contribution is 2.30. The van der Waals surface area contributed by atoms with Crippen LogP contribution in [0.25, 0.3) is 0 Å². The van der Waals surface area contributed by atoms with E-state index in [1.54, 1.807) is 50.6 Å². The number of nitrogens with zero attached hydrogens (tertiary/aromatic N) is 1. The number of rotatable bonds is 7. The number of amides is 1. The van der Waals surface area contributed by atoms with Gasteiger partial charge < -0.3 is 14.8 Å². The minimum absolute atomic E-state index is 0.135. The Bertz CT molecular complexity index is 1290. The van der Waals surface area contributed by atoms with Crippen LogP contribution in [0.3, 0.4) is 0 Å². The first-order chi connectivity index (χ1) is 16.3. The molecule has 178 valence electrons. The average molecular weight is 481 g/mol. The Morgan fingerprint density at radius 3 is 2.38 bits per heavy atom. The van der Waals surface area contributed by atoms with Gasteiger partial charge in [0, 0.05) is 24.7 Å². The number of hydrogen-bond donors (Lipinski definition) is 1. The number of aryl methyl sites for hydroxylation is 1. The molecule has 3 aromatic rings. The molecule has 1 unspecified atom stereocenters. The Labute approximate surface area is 200 Å². The quantitative estimate of drug-likeness (QED) is 0.560. The van der Waals surface area contributed by atoms with Gasteiger partial charge in [0.25, 0.3) is 0 Å². The molecule has 1 aliphatic rings. The smallest absolute Gasteiger partial charge is 0.244 e. The molecule has 1 heterocycles. The number of fused-ring (bicyclic) bond motifs is 1. The van der Waals surface area contributed by atoms with E-state index in [-0.39, 0.29) is 23.9 Å². The lowest BCUT2D eigenvalue weighted by Crippen LogP contribution is -2.52. The molecule has 3 aromatic carbocycles. The highest BCUT2D eigenvalue weighted by Gasteiger charge is 2.39. The summed E-state index contributed by atoms with van der Waals surface area (Å²) >= 11 is 0. The summed E-state index contributed by atoms with van der Waals surface area (Å²) < 4.78 is 39.1. The monoisotopic (exact) mass is 480 g/mol. The van der Waals surface area contributed by atoms with Crippen LogP contribution >= 0.6 is 0 Å². The molecular weight excluding hydrogens is 452 g/mol. The van der Waals surface area contributed by atoms with Crippen LogP contribution in [0, 0.1) is 6.92 Å². The molecule has 0 spiro atoms. The van der Waals surface area contributed by atoms with Crippen LogP contribution in [0.1, 0.15) is 22.3 Å². The van der Waals surface area contributed by atoms with Gasteiger partial charge in [0.15, 0.2) is 0 Å². The van der Waals surface area contributed by atoms with Crippen LogP contribution < -0.4 is 14.8 Å². The third-order valence-corrected chi connectivity index (χ3v) is 7.95. The summed E-state index contributed by atoms with van der Waals surface area (Å²) in [4.78, 5) is 13.5. The van der Waals surface area contributed by atoms with Crippen LogP contribution in [-0.4, -0.2) is 38.9 Å². The van der Waals surface area contributed by atoms with E-state index in [1.807, 2.05) is 37.3 Å². The van der Waals surface area contributed by atoms with Gasteiger partial charge in [-0.2, -0.15) is 4.31 Å². The summed E-state index contributed by atoms with van der Waals surface area (Å²) in [6.45, 7) is 2.23. The summed E-state index contributed by atoms with van der Waals surface area (Å²) in [5.41, 5.74) is 3.60. The molecule has 0 bridgehead atoms. The van der Waals surface area contributed by atoms with Gasteiger partial charge in [0.05, 0.1) is 19.1 Å². The second-order valence-electron chi connectivity index (χ2n) is 8.25. The van der Waals surface area contributed by atoms with Crippen LogP contribution in [0.5, 0.6) is 11.5 Å². The molecule has 7 nitrogen and oxygen atoms in total. The Morgan fingerprint density at radius 1 is 1.00 bits per heavy atom. The summed E-state index contributed by atoms with van der Waals surface area (Å²) in [5, 5.41) is 2.91. The van der Waals surface area contributed by atoms with Crippen LogP contribution in [0.2, 0.25) is 0 Å². The number of hydrogen-bond acceptors (Lipinski definition) is 5. The first kappa shape index (κ1) is 23.8. The highest BCUT2D eigenvalue weighted by molar-refractivity contribution is 7.89. The predicted molar refractivity (Wildman–Crippen MR) is 129 cm³/mol. The van der Waals surface area contributed by atoms with Gasteiger partial charge in [-0.05, 0) is 48.7 Å². The summed E-state index contributed by atoms with van der Waals surface area (Å²) in [7, 11) is -0.770. The molecule has 1 atom stereocenters. The van der Waals surface area contributed by atoms with E-state index in [9.17, 15) is 13.2 Å². The SMILES string of the molecule is COc1ccc(CNC(=O)C2Cc3ccccc3CN2S(=O)(=O)c2ccc(C)cc2)c(OC)c1. The molecule has 0 saturated carbocycles. The normalized spacial score (nSPS) is 15.9. The molecule has 1 N–H and O–H groups in total. The molecular formula is C26H28N2O5S. The second-order valence-corrected chi connectivity index (χ2v) is 10.1. The fourth-order valence-electron chi connectivity index (χ4n) is 4.12. The number of nitrogens with one attached hydrogen (secondary N) is 1. The topological polar surface area (TPSA) is 84.9 Å². The molecule has 1 amide bonds. The molecule has 0 radical (unpaired) electrons. The lowest BCUT2D eigenvalue weighted by molar-refractivity contribution is -0.125. The number of sulfonamides is 1. The summed E-state index contributed by atoms with van der Waals surface area (Å²) in [6.07, 6.45) is 0.298. The Morgan fingerprint density at radius 2 is 1.71 bits per heavy atom. The van der Waals surface area contributed by atoms with Crippen molar-refractivity contribution in [2.75, 3.05) is 14.2 Å². The van der Waals surface area contributed by atoms with Gasteiger partial charge >= 0.3 is 0 Å². The predicted octanol–water partition coefficient (Wildman–Crippen LogP) is 3.44. The Hall–Kier alpha value is -3.36. The van der Waals surface area contributed by atoms with Crippen molar-refractivity contribution in [2.24, 2.45) is 0 Å². The largest absolute Gasteiger partial charge is 0.497 e. The summed E-state index contributed by atoms with van der Waals surface area (Å²) in [5.74, 6) is 0.868. The zero-order chi connectivity index (χ0) is 24.3. The van der Waals surface area contributed by atoms with Gasteiger partial charge in [-0.15, -0.1) is 0 Å². The van der Waals surface area contributed by atoms with Crippen molar-refractivity contribution >= 4 is 15.9 Å². The molecule has 0 aliphatic carbocycles. The van der Waals surface area contributed by atoms with Crippen LogP contribution in [0.4, 0.5) is 0 Å². The average Bonchev–Trinajstić information content (AvgIpc) is 2.86. The van der Waals surface area contributed by atoms with E-state index in [0.29, 0.717) is 17.9 Å². The number of carbonyl (C=O) groups is 1. The van der Waals surface area contributed by atoms with Gasteiger partial charge in [-0.25, -0.2) is 8.42 Å². The van der Waals surface area contributed by atoms with Crippen molar-refractivity contribution in [3.8, 4) is 11.5 Å². The van der Waals surface area contributed by atoms with E-state index < -0.39 is 16.1 Å². The lowest BCUT2D eigenvalue weighted by atomic mass is 9.95. The lowest BCUT2D eigenvalue weighted by Gasteiger charge is -2.35. The van der Waals surface area contributed by atoms with Crippen molar-refractivity contribution in [1.82, 2.24) is 9.62 Å². The number of methoxy groups -OCH3 is 2. The van der Waals surface area contributed by atoms with E-state index in [0.717, 1.165) is 22.3 Å². The summed E-state index contributed by atoms with van der Waals surface area (Å²) in [6, 6.07) is 18.8. The first-order valence-corrected chi connectivity index (χ1v) is 12.4.